The van der Waals surface area contributed by atoms with Crippen molar-refractivity contribution in [2.24, 2.45) is 5.92 Å². The molecule has 0 unspecified atom stereocenters. The second kappa shape index (κ2) is 10.9. The number of hydrogen-bond donors (Lipinski definition) is 0. The fraction of sp³-hybridized carbons (Fsp3) is 0.500. The molecule has 2 nitrogen and oxygen atoms in total. The monoisotopic (exact) mass is 375 g/mol. The highest BCUT2D eigenvalue weighted by Gasteiger charge is 2.21. The van der Waals surface area contributed by atoms with Gasteiger partial charge in [0.2, 0.25) is 0 Å². The van der Waals surface area contributed by atoms with Gasteiger partial charge in [0.15, 0.2) is 0 Å². The van der Waals surface area contributed by atoms with Crippen molar-refractivity contribution in [3.05, 3.63) is 59.4 Å². The smallest absolute Gasteiger partial charge is 0.137 e. The molecule has 28 heavy (non-hydrogen) atoms. The molecule has 0 atom stereocenters. The van der Waals surface area contributed by atoms with Crippen LogP contribution in [0.25, 0.3) is 0 Å². The van der Waals surface area contributed by atoms with Crippen LogP contribution in [-0.4, -0.2) is 11.6 Å². The lowest BCUT2D eigenvalue weighted by Crippen LogP contribution is -2.13. The predicted molar refractivity (Wildman–Crippen MR) is 117 cm³/mol. The topological polar surface area (TPSA) is 22.1 Å². The van der Waals surface area contributed by atoms with Crippen molar-refractivity contribution >= 4 is 0 Å². The number of pyridine rings is 1. The van der Waals surface area contributed by atoms with E-state index in [1.807, 2.05) is 12.1 Å². The third-order valence-corrected chi connectivity index (χ3v) is 5.76. The summed E-state index contributed by atoms with van der Waals surface area (Å²) in [6.07, 6.45) is 12.2. The number of rotatable bonds is 7. The van der Waals surface area contributed by atoms with E-state index in [4.69, 9.17) is 4.74 Å². The lowest BCUT2D eigenvalue weighted by atomic mass is 9.77. The van der Waals surface area contributed by atoms with Crippen LogP contribution in [0, 0.1) is 17.8 Å². The van der Waals surface area contributed by atoms with Crippen LogP contribution in [0.5, 0.6) is 5.75 Å². The molecule has 1 fully saturated rings. The Bertz CT molecular complexity index is 759. The van der Waals surface area contributed by atoms with Gasteiger partial charge < -0.3 is 4.74 Å². The van der Waals surface area contributed by atoms with E-state index < -0.39 is 0 Å². The van der Waals surface area contributed by atoms with Gasteiger partial charge in [-0.15, -0.1) is 0 Å². The van der Waals surface area contributed by atoms with E-state index in [-0.39, 0.29) is 0 Å². The van der Waals surface area contributed by atoms with Gasteiger partial charge in [-0.1, -0.05) is 51.2 Å². The van der Waals surface area contributed by atoms with Crippen LogP contribution in [-0.2, 0) is 0 Å². The average molecular weight is 376 g/mol. The highest BCUT2D eigenvalue weighted by molar-refractivity contribution is 5.42. The second-order valence-electron chi connectivity index (χ2n) is 7.96. The molecule has 148 valence electrons. The van der Waals surface area contributed by atoms with E-state index in [0.717, 1.165) is 48.3 Å². The third-order valence-electron chi connectivity index (χ3n) is 5.76. The van der Waals surface area contributed by atoms with Crippen molar-refractivity contribution in [1.82, 2.24) is 4.98 Å². The van der Waals surface area contributed by atoms with Gasteiger partial charge in [-0.25, -0.2) is 4.98 Å². The van der Waals surface area contributed by atoms with E-state index >= 15 is 0 Å². The summed E-state index contributed by atoms with van der Waals surface area (Å²) in [5.74, 6) is 8.90. The number of unbranched alkanes of at least 4 members (excludes halogenated alkanes) is 1. The minimum absolute atomic E-state index is 0.733. The van der Waals surface area contributed by atoms with Crippen molar-refractivity contribution in [2.45, 2.75) is 71.1 Å². The Morgan fingerprint density at radius 3 is 2.36 bits per heavy atom. The standard InChI is InChI=1S/C26H33NO/c1-3-5-19-28-26-18-17-25(27-20-26)16-11-22-9-14-24(15-10-22)23-12-7-21(6-4-2)8-13-23/h9-10,14-15,17-18,20-21,23H,3-8,12-13,19H2,1-2H3/t21-,23-. The number of aromatic nitrogens is 1. The van der Waals surface area contributed by atoms with E-state index in [1.54, 1.807) is 6.20 Å². The van der Waals surface area contributed by atoms with Crippen LogP contribution in [0.3, 0.4) is 0 Å². The minimum atomic E-state index is 0.733. The molecule has 1 aliphatic carbocycles. The first-order valence-corrected chi connectivity index (χ1v) is 11.0. The minimum Gasteiger partial charge on any atom is -0.492 e. The Morgan fingerprint density at radius 1 is 0.929 bits per heavy atom. The summed E-state index contributed by atoms with van der Waals surface area (Å²) in [5.41, 5.74) is 3.31. The first-order chi connectivity index (χ1) is 13.8. The van der Waals surface area contributed by atoms with Crippen LogP contribution >= 0.6 is 0 Å². The Morgan fingerprint density at radius 2 is 1.71 bits per heavy atom. The number of nitrogens with zero attached hydrogens (tertiary/aromatic N) is 1. The zero-order chi connectivity index (χ0) is 19.6. The predicted octanol–water partition coefficient (Wildman–Crippen LogP) is 6.73. The quantitative estimate of drug-likeness (QED) is 0.395. The van der Waals surface area contributed by atoms with Crippen molar-refractivity contribution < 1.29 is 4.74 Å². The summed E-state index contributed by atoms with van der Waals surface area (Å²) in [4.78, 5) is 4.39. The Kier molecular flexibility index (Phi) is 7.97. The van der Waals surface area contributed by atoms with Gasteiger partial charge in [-0.3, -0.25) is 0 Å². The van der Waals surface area contributed by atoms with Crippen LogP contribution in [0.4, 0.5) is 0 Å². The molecule has 0 saturated heterocycles. The summed E-state index contributed by atoms with van der Waals surface area (Å²) >= 11 is 0. The Balaban J connectivity index is 1.53. The lowest BCUT2D eigenvalue weighted by Gasteiger charge is -2.28. The van der Waals surface area contributed by atoms with E-state index in [9.17, 15) is 0 Å². The van der Waals surface area contributed by atoms with Gasteiger partial charge in [0.1, 0.15) is 11.4 Å². The normalized spacial score (nSPS) is 18.9. The molecule has 0 N–H and O–H groups in total. The van der Waals surface area contributed by atoms with Gasteiger partial charge in [-0.05, 0) is 79.7 Å². The summed E-state index contributed by atoms with van der Waals surface area (Å²) in [5, 5.41) is 0. The van der Waals surface area contributed by atoms with Crippen molar-refractivity contribution in [1.29, 1.82) is 0 Å². The Labute approximate surface area is 170 Å². The summed E-state index contributed by atoms with van der Waals surface area (Å²) < 4.78 is 5.64. The van der Waals surface area contributed by atoms with E-state index in [2.05, 4.69) is 54.9 Å². The zero-order valence-corrected chi connectivity index (χ0v) is 17.4. The molecule has 1 aromatic heterocycles. The first kappa shape index (κ1) is 20.5. The van der Waals surface area contributed by atoms with Gasteiger partial charge in [-0.2, -0.15) is 0 Å². The SMILES string of the molecule is CCCCOc1ccc(C#Cc2ccc([C@H]3CC[C@H](CCC)CC3)cc2)nc1. The van der Waals surface area contributed by atoms with Crippen molar-refractivity contribution in [3.8, 4) is 17.6 Å². The van der Waals surface area contributed by atoms with Crippen molar-refractivity contribution in [3.63, 3.8) is 0 Å². The molecule has 0 amide bonds. The maximum absolute atomic E-state index is 5.64. The molecule has 0 bridgehead atoms. The van der Waals surface area contributed by atoms with Gasteiger partial charge >= 0.3 is 0 Å². The van der Waals surface area contributed by atoms with Crippen LogP contribution in [0.15, 0.2) is 42.6 Å². The van der Waals surface area contributed by atoms with Crippen LogP contribution < -0.4 is 4.74 Å². The lowest BCUT2D eigenvalue weighted by molar-refractivity contribution is 0.308. The van der Waals surface area contributed by atoms with Crippen LogP contribution in [0.2, 0.25) is 0 Å². The Hall–Kier alpha value is -2.27. The number of ether oxygens (including phenoxy) is 1. The molecule has 2 aromatic rings. The third kappa shape index (κ3) is 6.13. The molecule has 1 saturated carbocycles. The van der Waals surface area contributed by atoms with Gasteiger partial charge in [0.05, 0.1) is 12.8 Å². The molecule has 0 radical (unpaired) electrons. The van der Waals surface area contributed by atoms with E-state index in [0.29, 0.717) is 0 Å². The average Bonchev–Trinajstić information content (AvgIpc) is 2.75. The first-order valence-electron chi connectivity index (χ1n) is 11.0. The molecular formula is C26H33NO. The van der Waals surface area contributed by atoms with Crippen LogP contribution in [0.1, 0.15) is 88.0 Å². The summed E-state index contributed by atoms with van der Waals surface area (Å²) in [6, 6.07) is 12.7. The van der Waals surface area contributed by atoms with Gasteiger partial charge in [0.25, 0.3) is 0 Å². The number of hydrogen-bond acceptors (Lipinski definition) is 2. The molecular weight excluding hydrogens is 342 g/mol. The number of benzene rings is 1. The second-order valence-corrected chi connectivity index (χ2v) is 7.96. The molecule has 3 rings (SSSR count). The fourth-order valence-corrected chi connectivity index (χ4v) is 4.04. The van der Waals surface area contributed by atoms with Crippen molar-refractivity contribution in [2.75, 3.05) is 6.61 Å². The molecule has 1 heterocycles. The molecule has 1 aliphatic rings. The summed E-state index contributed by atoms with van der Waals surface area (Å²) in [7, 11) is 0. The highest BCUT2D eigenvalue weighted by atomic mass is 16.5. The largest absolute Gasteiger partial charge is 0.492 e. The fourth-order valence-electron chi connectivity index (χ4n) is 4.04. The molecule has 0 aliphatic heterocycles. The summed E-state index contributed by atoms with van der Waals surface area (Å²) in [6.45, 7) is 5.21. The maximum Gasteiger partial charge on any atom is 0.137 e. The highest BCUT2D eigenvalue weighted by Crippen LogP contribution is 2.37. The molecule has 0 spiro atoms. The molecule has 2 heteroatoms. The maximum atomic E-state index is 5.64. The van der Waals surface area contributed by atoms with Gasteiger partial charge in [0, 0.05) is 5.56 Å². The van der Waals surface area contributed by atoms with E-state index in [1.165, 1.54) is 44.1 Å². The molecule has 1 aromatic carbocycles. The zero-order valence-electron chi connectivity index (χ0n) is 17.4.